The molecule has 1 aliphatic rings. The van der Waals surface area contributed by atoms with E-state index in [1.54, 1.807) is 23.1 Å². The van der Waals surface area contributed by atoms with Gasteiger partial charge < -0.3 is 14.1 Å². The van der Waals surface area contributed by atoms with E-state index in [0.717, 1.165) is 0 Å². The summed E-state index contributed by atoms with van der Waals surface area (Å²) in [7, 11) is 0. The molecule has 0 unspecified atom stereocenters. The highest BCUT2D eigenvalue weighted by Crippen LogP contribution is 2.31. The zero-order valence-corrected chi connectivity index (χ0v) is 14.8. The fraction of sp³-hybridized carbons (Fsp3) is 0.222. The molecule has 0 radical (unpaired) electrons. The van der Waals surface area contributed by atoms with Crippen LogP contribution in [0.2, 0.25) is 5.02 Å². The standard InChI is InChI=1S/C18H14ClN3O5/c19-15-3-1-12(10-16(15)22(24)25)17-4-2-14(27-17)9-13(11-20)18(23)21-5-7-26-8-6-21/h1-4,9-10H,5-8H2. The number of carbonyl (C=O) groups excluding carboxylic acids is 1. The highest BCUT2D eigenvalue weighted by Gasteiger charge is 2.21. The third-order valence-electron chi connectivity index (χ3n) is 3.99. The van der Waals surface area contributed by atoms with Gasteiger partial charge in [0.1, 0.15) is 28.2 Å². The van der Waals surface area contributed by atoms with Gasteiger partial charge in [-0.3, -0.25) is 14.9 Å². The molecule has 0 saturated carbocycles. The molecule has 1 saturated heterocycles. The SMILES string of the molecule is N#CC(=Cc1ccc(-c2ccc(Cl)c([N+](=O)[O-])c2)o1)C(=O)N1CCOCC1. The predicted octanol–water partition coefficient (Wildman–Crippen LogP) is 3.27. The molecule has 0 aliphatic carbocycles. The third-order valence-corrected chi connectivity index (χ3v) is 4.31. The average Bonchev–Trinajstić information content (AvgIpc) is 3.15. The van der Waals surface area contributed by atoms with E-state index in [2.05, 4.69) is 0 Å². The Morgan fingerprint density at radius 3 is 2.70 bits per heavy atom. The Hall–Kier alpha value is -3.15. The van der Waals surface area contributed by atoms with Crippen LogP contribution in [0.15, 0.2) is 40.3 Å². The summed E-state index contributed by atoms with van der Waals surface area (Å²) < 4.78 is 10.8. The molecule has 1 aromatic heterocycles. The maximum absolute atomic E-state index is 12.4. The molecular formula is C18H14ClN3O5. The molecule has 3 rings (SSSR count). The minimum atomic E-state index is -0.579. The van der Waals surface area contributed by atoms with Crippen LogP contribution < -0.4 is 0 Å². The minimum Gasteiger partial charge on any atom is -0.457 e. The first-order valence-corrected chi connectivity index (χ1v) is 8.40. The Bertz CT molecular complexity index is 954. The number of morpholine rings is 1. The Balaban J connectivity index is 1.85. The number of nitro benzene ring substituents is 1. The van der Waals surface area contributed by atoms with Crippen molar-refractivity contribution >= 4 is 29.3 Å². The van der Waals surface area contributed by atoms with Gasteiger partial charge >= 0.3 is 0 Å². The monoisotopic (exact) mass is 387 g/mol. The van der Waals surface area contributed by atoms with E-state index in [0.29, 0.717) is 43.4 Å². The van der Waals surface area contributed by atoms with Crippen LogP contribution in [0.3, 0.4) is 0 Å². The van der Waals surface area contributed by atoms with Crippen LogP contribution in [0.5, 0.6) is 0 Å². The van der Waals surface area contributed by atoms with Crippen molar-refractivity contribution < 1.29 is 18.9 Å². The number of hydrogen-bond acceptors (Lipinski definition) is 6. The molecule has 0 N–H and O–H groups in total. The van der Waals surface area contributed by atoms with Gasteiger partial charge in [-0.05, 0) is 24.3 Å². The molecule has 1 fully saturated rings. The van der Waals surface area contributed by atoms with Crippen molar-refractivity contribution in [3.05, 3.63) is 56.8 Å². The van der Waals surface area contributed by atoms with Gasteiger partial charge in [-0.15, -0.1) is 0 Å². The fourth-order valence-electron chi connectivity index (χ4n) is 2.61. The highest BCUT2D eigenvalue weighted by molar-refractivity contribution is 6.32. The molecule has 27 heavy (non-hydrogen) atoms. The fourth-order valence-corrected chi connectivity index (χ4v) is 2.80. The normalized spacial score (nSPS) is 14.7. The van der Waals surface area contributed by atoms with Crippen LogP contribution in [0.1, 0.15) is 5.76 Å². The molecule has 138 valence electrons. The first kappa shape index (κ1) is 18.6. The van der Waals surface area contributed by atoms with Gasteiger partial charge in [-0.1, -0.05) is 11.6 Å². The summed E-state index contributed by atoms with van der Waals surface area (Å²) in [6.07, 6.45) is 1.35. The third kappa shape index (κ3) is 4.16. The smallest absolute Gasteiger partial charge is 0.288 e. The van der Waals surface area contributed by atoms with E-state index in [-0.39, 0.29) is 22.2 Å². The van der Waals surface area contributed by atoms with E-state index in [1.807, 2.05) is 6.07 Å². The Kier molecular flexibility index (Phi) is 5.54. The van der Waals surface area contributed by atoms with Crippen molar-refractivity contribution in [3.8, 4) is 17.4 Å². The first-order chi connectivity index (χ1) is 13.0. The lowest BCUT2D eigenvalue weighted by Gasteiger charge is -2.26. The van der Waals surface area contributed by atoms with Crippen LogP contribution >= 0.6 is 11.6 Å². The number of amides is 1. The van der Waals surface area contributed by atoms with Crippen LogP contribution in [-0.2, 0) is 9.53 Å². The van der Waals surface area contributed by atoms with Crippen LogP contribution in [-0.4, -0.2) is 42.0 Å². The lowest BCUT2D eigenvalue weighted by Crippen LogP contribution is -2.41. The number of nitriles is 1. The number of nitrogens with zero attached hydrogens (tertiary/aromatic N) is 3. The van der Waals surface area contributed by atoms with Gasteiger partial charge in [0.25, 0.3) is 11.6 Å². The number of benzene rings is 1. The second kappa shape index (κ2) is 8.03. The summed E-state index contributed by atoms with van der Waals surface area (Å²) in [5.41, 5.74) is 0.173. The molecule has 2 aromatic rings. The maximum Gasteiger partial charge on any atom is 0.288 e. The second-order valence-electron chi connectivity index (χ2n) is 5.70. The van der Waals surface area contributed by atoms with Crippen molar-refractivity contribution in [3.63, 3.8) is 0 Å². The van der Waals surface area contributed by atoms with E-state index in [9.17, 15) is 20.2 Å². The Morgan fingerprint density at radius 1 is 1.30 bits per heavy atom. The van der Waals surface area contributed by atoms with Crippen molar-refractivity contribution in [1.82, 2.24) is 4.90 Å². The summed E-state index contributed by atoms with van der Waals surface area (Å²) in [5, 5.41) is 20.4. The minimum absolute atomic E-state index is 0.0262. The summed E-state index contributed by atoms with van der Waals surface area (Å²) in [4.78, 5) is 24.4. The average molecular weight is 388 g/mol. The van der Waals surface area contributed by atoms with E-state index >= 15 is 0 Å². The number of rotatable bonds is 4. The van der Waals surface area contributed by atoms with Gasteiger partial charge in [0.2, 0.25) is 0 Å². The molecule has 8 nitrogen and oxygen atoms in total. The zero-order valence-electron chi connectivity index (χ0n) is 14.1. The molecule has 1 aliphatic heterocycles. The van der Waals surface area contributed by atoms with Gasteiger partial charge in [0.05, 0.1) is 18.1 Å². The highest BCUT2D eigenvalue weighted by atomic mass is 35.5. The molecule has 1 amide bonds. The summed E-state index contributed by atoms with van der Waals surface area (Å²) in [6, 6.07) is 9.38. The molecule has 0 atom stereocenters. The van der Waals surface area contributed by atoms with Crippen molar-refractivity contribution in [2.45, 2.75) is 0 Å². The first-order valence-electron chi connectivity index (χ1n) is 8.02. The van der Waals surface area contributed by atoms with Gasteiger partial charge in [-0.25, -0.2) is 0 Å². The predicted molar refractivity (Wildman–Crippen MR) is 96.8 cm³/mol. The lowest BCUT2D eigenvalue weighted by molar-refractivity contribution is -0.384. The molecular weight excluding hydrogens is 374 g/mol. The molecule has 0 spiro atoms. The molecule has 1 aromatic carbocycles. The second-order valence-corrected chi connectivity index (χ2v) is 6.11. The number of halogens is 1. The van der Waals surface area contributed by atoms with Gasteiger partial charge in [0, 0.05) is 30.8 Å². The van der Waals surface area contributed by atoms with Crippen LogP contribution in [0.4, 0.5) is 5.69 Å². The van der Waals surface area contributed by atoms with Crippen LogP contribution in [0.25, 0.3) is 17.4 Å². The Morgan fingerprint density at radius 2 is 2.04 bits per heavy atom. The van der Waals surface area contributed by atoms with Crippen LogP contribution in [0, 0.1) is 21.4 Å². The van der Waals surface area contributed by atoms with Crippen molar-refractivity contribution in [2.24, 2.45) is 0 Å². The number of furan rings is 1. The molecule has 9 heteroatoms. The zero-order chi connectivity index (χ0) is 19.4. The molecule has 2 heterocycles. The number of nitro groups is 1. The van der Waals surface area contributed by atoms with E-state index < -0.39 is 4.92 Å². The topological polar surface area (TPSA) is 110 Å². The number of ether oxygens (including phenoxy) is 1. The summed E-state index contributed by atoms with van der Waals surface area (Å²) >= 11 is 5.81. The quantitative estimate of drug-likeness (QED) is 0.344. The van der Waals surface area contributed by atoms with Gasteiger partial charge in [-0.2, -0.15) is 5.26 Å². The largest absolute Gasteiger partial charge is 0.457 e. The van der Waals surface area contributed by atoms with E-state index in [4.69, 9.17) is 20.8 Å². The van der Waals surface area contributed by atoms with Crippen molar-refractivity contribution in [1.29, 1.82) is 5.26 Å². The summed E-state index contributed by atoms with van der Waals surface area (Å²) in [5.74, 6) is 0.263. The lowest BCUT2D eigenvalue weighted by atomic mass is 10.1. The number of hydrogen-bond donors (Lipinski definition) is 0. The summed E-state index contributed by atoms with van der Waals surface area (Å²) in [6.45, 7) is 1.72. The molecule has 0 bridgehead atoms. The van der Waals surface area contributed by atoms with Gasteiger partial charge in [0.15, 0.2) is 0 Å². The maximum atomic E-state index is 12.4. The van der Waals surface area contributed by atoms with Crippen molar-refractivity contribution in [2.75, 3.05) is 26.3 Å². The Labute approximate surface area is 159 Å². The number of carbonyl (C=O) groups is 1. The van der Waals surface area contributed by atoms with E-state index in [1.165, 1.54) is 18.2 Å².